The van der Waals surface area contributed by atoms with E-state index in [2.05, 4.69) is 18.8 Å². The van der Waals surface area contributed by atoms with Gasteiger partial charge in [-0.1, -0.05) is 50.6 Å². The molecule has 0 fully saturated rings. The van der Waals surface area contributed by atoms with Gasteiger partial charge in [0, 0.05) is 23.3 Å². The fourth-order valence-electron chi connectivity index (χ4n) is 4.16. The molecule has 1 aromatic heterocycles. The number of amides is 1. The second-order valence-electron chi connectivity index (χ2n) is 8.31. The highest BCUT2D eigenvalue weighted by atomic mass is 32.2. The maximum Gasteiger partial charge on any atom is 0.325 e. The van der Waals surface area contributed by atoms with Gasteiger partial charge in [-0.25, -0.2) is 4.90 Å². The number of rotatable bonds is 9. The topological polar surface area (TPSA) is 79.2 Å². The van der Waals surface area contributed by atoms with E-state index in [1.54, 1.807) is 16.5 Å². The number of ether oxygens (including phenoxy) is 1. The molecule has 7 nitrogen and oxygen atoms in total. The third-order valence-electron chi connectivity index (χ3n) is 5.74. The number of para-hydroxylation sites is 1. The highest BCUT2D eigenvalue weighted by Crippen LogP contribution is 2.37. The molecule has 1 amide bonds. The van der Waals surface area contributed by atoms with Crippen molar-refractivity contribution in [2.75, 3.05) is 17.3 Å². The zero-order valence-electron chi connectivity index (χ0n) is 19.9. The quantitative estimate of drug-likeness (QED) is 0.273. The predicted octanol–water partition coefficient (Wildman–Crippen LogP) is 4.71. The summed E-state index contributed by atoms with van der Waals surface area (Å²) in [5.41, 5.74) is 2.47. The summed E-state index contributed by atoms with van der Waals surface area (Å²) in [7, 11) is 0. The van der Waals surface area contributed by atoms with Crippen LogP contribution in [0.4, 0.5) is 5.69 Å². The first-order chi connectivity index (χ1) is 16.5. The van der Waals surface area contributed by atoms with Crippen molar-refractivity contribution >= 4 is 23.4 Å². The van der Waals surface area contributed by atoms with Crippen LogP contribution < -0.4 is 19.9 Å². The number of hydrogen-bond acceptors (Lipinski definition) is 5. The Morgan fingerprint density at radius 3 is 2.59 bits per heavy atom. The van der Waals surface area contributed by atoms with E-state index in [4.69, 9.17) is 9.84 Å². The van der Waals surface area contributed by atoms with Gasteiger partial charge in [-0.2, -0.15) is 0 Å². The maximum absolute atomic E-state index is 13.3. The number of unbranched alkanes of at least 4 members (excludes halogenated alkanes) is 2. The molecule has 0 spiro atoms. The van der Waals surface area contributed by atoms with E-state index in [-0.39, 0.29) is 11.5 Å². The van der Waals surface area contributed by atoms with Gasteiger partial charge in [-0.05, 0) is 53.9 Å². The molecule has 0 bridgehead atoms. The van der Waals surface area contributed by atoms with Crippen molar-refractivity contribution in [3.63, 3.8) is 0 Å². The Morgan fingerprint density at radius 1 is 1.12 bits per heavy atom. The zero-order chi connectivity index (χ0) is 24.1. The third-order valence-corrected chi connectivity index (χ3v) is 6.69. The van der Waals surface area contributed by atoms with Gasteiger partial charge < -0.3 is 4.74 Å². The minimum atomic E-state index is -0.583. The second-order valence-corrected chi connectivity index (χ2v) is 9.39. The highest BCUT2D eigenvalue weighted by Gasteiger charge is 2.44. The minimum absolute atomic E-state index is 0.124. The van der Waals surface area contributed by atoms with E-state index in [1.807, 2.05) is 48.5 Å². The Balaban J connectivity index is 1.84. The van der Waals surface area contributed by atoms with E-state index in [1.165, 1.54) is 11.8 Å². The van der Waals surface area contributed by atoms with Crippen LogP contribution in [0.2, 0.25) is 0 Å². The van der Waals surface area contributed by atoms with Crippen molar-refractivity contribution in [1.82, 2.24) is 10.1 Å². The maximum atomic E-state index is 13.3. The van der Waals surface area contributed by atoms with Gasteiger partial charge in [0.05, 0.1) is 17.9 Å². The fraction of sp³-hybridized carbons (Fsp3) is 0.385. The van der Waals surface area contributed by atoms with Gasteiger partial charge in [-0.15, -0.1) is 0 Å². The van der Waals surface area contributed by atoms with Gasteiger partial charge in [0.25, 0.3) is 6.17 Å². The van der Waals surface area contributed by atoms with E-state index >= 15 is 0 Å². The normalized spacial score (nSPS) is 14.4. The molecule has 1 atom stereocenters. The average Bonchev–Trinajstić information content (AvgIpc) is 2.84. The lowest BCUT2D eigenvalue weighted by Crippen LogP contribution is -2.60. The first-order valence-electron chi connectivity index (χ1n) is 11.9. The van der Waals surface area contributed by atoms with Crippen LogP contribution in [-0.2, 0) is 4.79 Å². The first-order valence-corrected chi connectivity index (χ1v) is 12.8. The number of carbonyl (C=O) groups excluding carboxylic acids is 1. The molecule has 8 heteroatoms. The van der Waals surface area contributed by atoms with Crippen molar-refractivity contribution in [2.24, 2.45) is 0 Å². The molecule has 3 aromatic rings. The summed E-state index contributed by atoms with van der Waals surface area (Å²) in [4.78, 5) is 30.9. The number of nitrogens with one attached hydrogen (secondary N) is 1. The smallest absolute Gasteiger partial charge is 0.325 e. The number of hydrogen-bond donors (Lipinski definition) is 1. The monoisotopic (exact) mass is 479 g/mol. The lowest BCUT2D eigenvalue weighted by molar-refractivity contribution is -0.763. The number of nitrogens with zero attached hydrogens (tertiary/aromatic N) is 3. The number of H-pyrrole nitrogens is 1. The van der Waals surface area contributed by atoms with E-state index < -0.39 is 6.17 Å². The van der Waals surface area contributed by atoms with E-state index in [0.29, 0.717) is 28.7 Å². The molecule has 0 aliphatic carbocycles. The highest BCUT2D eigenvalue weighted by molar-refractivity contribution is 7.99. The van der Waals surface area contributed by atoms with Gasteiger partial charge in [-0.3, -0.25) is 14.6 Å². The van der Waals surface area contributed by atoms with Crippen LogP contribution in [0.5, 0.6) is 5.75 Å². The molecule has 34 heavy (non-hydrogen) atoms. The molecule has 0 saturated carbocycles. The zero-order valence-corrected chi connectivity index (χ0v) is 20.7. The molecule has 4 rings (SSSR count). The number of thioether (sulfide) groups is 1. The van der Waals surface area contributed by atoms with Crippen molar-refractivity contribution in [3.05, 3.63) is 64.4 Å². The molecule has 2 heterocycles. The minimum Gasteiger partial charge on any atom is -0.494 e. The van der Waals surface area contributed by atoms with E-state index in [9.17, 15) is 9.59 Å². The van der Waals surface area contributed by atoms with Crippen molar-refractivity contribution in [2.45, 2.75) is 57.8 Å². The molecule has 1 unspecified atom stereocenters. The van der Waals surface area contributed by atoms with Crippen LogP contribution in [0.15, 0.2) is 58.5 Å². The van der Waals surface area contributed by atoms with Crippen LogP contribution in [0.1, 0.15) is 58.2 Å². The molecule has 1 aliphatic rings. The van der Waals surface area contributed by atoms with Crippen LogP contribution in [0.25, 0.3) is 11.3 Å². The lowest BCUT2D eigenvalue weighted by atomic mass is 10.0. The van der Waals surface area contributed by atoms with Crippen molar-refractivity contribution in [3.8, 4) is 17.0 Å². The van der Waals surface area contributed by atoms with Crippen LogP contribution in [-0.4, -0.2) is 28.3 Å². The predicted molar refractivity (Wildman–Crippen MR) is 134 cm³/mol. The Bertz CT molecular complexity index is 1210. The second kappa shape index (κ2) is 10.9. The number of anilines is 1. The summed E-state index contributed by atoms with van der Waals surface area (Å²) in [6.45, 7) is 6.41. The van der Waals surface area contributed by atoms with Gasteiger partial charge in [0.15, 0.2) is 0 Å². The average molecular weight is 480 g/mol. The molecule has 178 valence electrons. The summed E-state index contributed by atoms with van der Waals surface area (Å²) in [6, 6.07) is 15.2. The first kappa shape index (κ1) is 24.0. The van der Waals surface area contributed by atoms with Crippen LogP contribution in [0, 0.1) is 0 Å². The molecule has 1 N–H and O–H groups in total. The standard InChI is InChI=1S/C26H30N4O3S/c1-4-6-9-17-34-26-27-24(32)23-21-10-7-8-11-22(21)29(18(3)31)25(30(23)28-26)19-12-14-20(15-13-19)33-16-5-2/h7-8,10-15,25H,4-6,9,16-17H2,1-3H3/p+1. The summed E-state index contributed by atoms with van der Waals surface area (Å²) in [5.74, 6) is 1.52. The van der Waals surface area contributed by atoms with Gasteiger partial charge >= 0.3 is 11.3 Å². The number of aromatic nitrogens is 3. The summed E-state index contributed by atoms with van der Waals surface area (Å²) < 4.78 is 7.44. The van der Waals surface area contributed by atoms with Crippen molar-refractivity contribution in [1.29, 1.82) is 0 Å². The number of carbonyl (C=O) groups is 1. The lowest BCUT2D eigenvalue weighted by Gasteiger charge is -2.31. The van der Waals surface area contributed by atoms with E-state index in [0.717, 1.165) is 42.7 Å². The Kier molecular flexibility index (Phi) is 7.67. The third kappa shape index (κ3) is 4.87. The van der Waals surface area contributed by atoms with Crippen molar-refractivity contribution < 1.29 is 14.2 Å². The van der Waals surface area contributed by atoms with Gasteiger partial charge in [0.1, 0.15) is 5.75 Å². The molecular formula is C26H31N4O3S+. The largest absolute Gasteiger partial charge is 0.494 e. The Labute approximate surface area is 204 Å². The SMILES string of the molecule is CCCCCSc1n[n+]2c(c(=O)[nH]1)-c1ccccc1N(C(C)=O)C2c1ccc(OCCC)cc1. The Hall–Kier alpha value is -3.13. The van der Waals surface area contributed by atoms with Crippen LogP contribution >= 0.6 is 11.8 Å². The van der Waals surface area contributed by atoms with Gasteiger partial charge in [0.2, 0.25) is 11.1 Å². The number of fused-ring (bicyclic) bond motifs is 3. The fourth-order valence-corrected chi connectivity index (χ4v) is 5.01. The molecule has 0 radical (unpaired) electrons. The summed E-state index contributed by atoms with van der Waals surface area (Å²) in [6.07, 6.45) is 3.66. The Morgan fingerprint density at radius 2 is 1.88 bits per heavy atom. The molecule has 0 saturated heterocycles. The summed E-state index contributed by atoms with van der Waals surface area (Å²) >= 11 is 1.54. The number of benzene rings is 2. The molecule has 2 aromatic carbocycles. The summed E-state index contributed by atoms with van der Waals surface area (Å²) in [5, 5.41) is 5.39. The molecular weight excluding hydrogens is 448 g/mol. The number of aromatic amines is 1. The van der Waals surface area contributed by atoms with Crippen LogP contribution in [0.3, 0.4) is 0 Å². The molecule has 1 aliphatic heterocycles.